The normalized spacial score (nSPS) is 11.8. The van der Waals surface area contributed by atoms with Gasteiger partial charge in [0.25, 0.3) is 0 Å². The molecular formula is C13H20N2O3. The lowest BCUT2D eigenvalue weighted by Crippen LogP contribution is -2.40. The first kappa shape index (κ1) is 14.3. The van der Waals surface area contributed by atoms with Crippen LogP contribution in [-0.2, 0) is 9.53 Å². The largest absolute Gasteiger partial charge is 0.491 e. The Balaban J connectivity index is 2.62. The van der Waals surface area contributed by atoms with Gasteiger partial charge in [-0.05, 0) is 19.2 Å². The Labute approximate surface area is 108 Å². The Kier molecular flexibility index (Phi) is 5.45. The molecule has 0 fully saturated rings. The molecule has 0 aliphatic carbocycles. The maximum Gasteiger partial charge on any atom is 0.326 e. The first-order chi connectivity index (χ1) is 8.58. The molecule has 18 heavy (non-hydrogen) atoms. The van der Waals surface area contributed by atoms with Crippen LogP contribution in [0.2, 0.25) is 0 Å². The molecule has 0 aromatic heterocycles. The molecule has 1 atom stereocenters. The quantitative estimate of drug-likeness (QED) is 0.762. The lowest BCUT2D eigenvalue weighted by molar-refractivity contribution is -0.143. The van der Waals surface area contributed by atoms with Gasteiger partial charge in [0.05, 0.1) is 7.11 Å². The van der Waals surface area contributed by atoms with E-state index < -0.39 is 6.04 Å². The Hall–Kier alpha value is -1.75. The van der Waals surface area contributed by atoms with Gasteiger partial charge in [0.2, 0.25) is 0 Å². The highest BCUT2D eigenvalue weighted by Crippen LogP contribution is 2.19. The van der Waals surface area contributed by atoms with Crippen LogP contribution in [0.5, 0.6) is 5.75 Å². The first-order valence-corrected chi connectivity index (χ1v) is 5.73. The van der Waals surface area contributed by atoms with E-state index in [-0.39, 0.29) is 12.6 Å². The summed E-state index contributed by atoms with van der Waals surface area (Å²) in [6, 6.07) is 7.22. The second-order valence-corrected chi connectivity index (χ2v) is 4.07. The van der Waals surface area contributed by atoms with Crippen LogP contribution in [0, 0.1) is 0 Å². The zero-order valence-electron chi connectivity index (χ0n) is 11.3. The van der Waals surface area contributed by atoms with Crippen LogP contribution >= 0.6 is 0 Å². The smallest absolute Gasteiger partial charge is 0.326 e. The Morgan fingerprint density at radius 2 is 2.17 bits per heavy atom. The predicted molar refractivity (Wildman–Crippen MR) is 71.1 cm³/mol. The van der Waals surface area contributed by atoms with Gasteiger partial charge in [-0.25, -0.2) is 0 Å². The Bertz CT molecular complexity index is 394. The molecule has 0 saturated carbocycles. The van der Waals surface area contributed by atoms with Gasteiger partial charge in [0.15, 0.2) is 0 Å². The van der Waals surface area contributed by atoms with E-state index in [1.807, 2.05) is 43.3 Å². The number of hydrogen-bond acceptors (Lipinski definition) is 5. The standard InChI is InChI=1S/C13H20N2O3/c1-14-12(13(16)17-4)9-18-11-7-5-6-10(8-11)15(2)3/h5-8,12,14H,9H2,1-4H3. The summed E-state index contributed by atoms with van der Waals surface area (Å²) in [6.07, 6.45) is 0. The lowest BCUT2D eigenvalue weighted by atomic mass is 10.3. The average molecular weight is 252 g/mol. The highest BCUT2D eigenvalue weighted by Gasteiger charge is 2.17. The molecule has 1 rings (SSSR count). The van der Waals surface area contributed by atoms with E-state index in [0.717, 1.165) is 11.4 Å². The monoisotopic (exact) mass is 252 g/mol. The third-order valence-corrected chi connectivity index (χ3v) is 2.58. The summed E-state index contributed by atoms with van der Waals surface area (Å²) < 4.78 is 10.2. The van der Waals surface area contributed by atoms with Gasteiger partial charge in [-0.2, -0.15) is 0 Å². The minimum atomic E-state index is -0.460. The van der Waals surface area contributed by atoms with Gasteiger partial charge in [-0.3, -0.25) is 4.79 Å². The van der Waals surface area contributed by atoms with Crippen molar-refractivity contribution in [1.29, 1.82) is 0 Å². The third kappa shape index (κ3) is 3.92. The molecule has 0 aliphatic rings. The van der Waals surface area contributed by atoms with Gasteiger partial charge in [0.1, 0.15) is 18.4 Å². The van der Waals surface area contributed by atoms with Crippen LogP contribution in [-0.4, -0.2) is 46.9 Å². The minimum absolute atomic E-state index is 0.236. The molecule has 0 spiro atoms. The molecular weight excluding hydrogens is 232 g/mol. The van der Waals surface area contributed by atoms with Crippen LogP contribution in [0.3, 0.4) is 0 Å². The fourth-order valence-electron chi connectivity index (χ4n) is 1.44. The summed E-state index contributed by atoms with van der Waals surface area (Å²) in [5.74, 6) is 0.395. The lowest BCUT2D eigenvalue weighted by Gasteiger charge is -2.17. The SMILES string of the molecule is CNC(COc1cccc(N(C)C)c1)C(=O)OC. The zero-order valence-corrected chi connectivity index (χ0v) is 11.3. The number of carbonyl (C=O) groups excluding carboxylic acids is 1. The van der Waals surface area contributed by atoms with Gasteiger partial charge in [-0.15, -0.1) is 0 Å². The van der Waals surface area contributed by atoms with Crippen molar-refractivity contribution < 1.29 is 14.3 Å². The molecule has 0 radical (unpaired) electrons. The van der Waals surface area contributed by atoms with Gasteiger partial charge < -0.3 is 19.7 Å². The van der Waals surface area contributed by atoms with Gasteiger partial charge in [-0.1, -0.05) is 6.07 Å². The third-order valence-electron chi connectivity index (χ3n) is 2.58. The first-order valence-electron chi connectivity index (χ1n) is 5.73. The fraction of sp³-hybridized carbons (Fsp3) is 0.462. The number of rotatable bonds is 6. The molecule has 1 aromatic rings. The highest BCUT2D eigenvalue weighted by atomic mass is 16.5. The molecule has 0 amide bonds. The van der Waals surface area contributed by atoms with Crippen molar-refractivity contribution in [2.75, 3.05) is 39.8 Å². The summed E-state index contributed by atoms with van der Waals surface area (Å²) in [7, 11) is 6.98. The van der Waals surface area contributed by atoms with E-state index in [0.29, 0.717) is 0 Å². The number of benzene rings is 1. The summed E-state index contributed by atoms with van der Waals surface area (Å²) >= 11 is 0. The molecule has 0 bridgehead atoms. The van der Waals surface area contributed by atoms with E-state index in [2.05, 4.69) is 10.1 Å². The molecule has 0 heterocycles. The van der Waals surface area contributed by atoms with Crippen LogP contribution in [0.25, 0.3) is 0 Å². The summed E-state index contributed by atoms with van der Waals surface area (Å²) in [5, 5.41) is 2.85. The fourth-order valence-corrected chi connectivity index (χ4v) is 1.44. The summed E-state index contributed by atoms with van der Waals surface area (Å²) in [5.41, 5.74) is 1.05. The van der Waals surface area contributed by atoms with Crippen molar-refractivity contribution in [3.05, 3.63) is 24.3 Å². The predicted octanol–water partition coefficient (Wildman–Crippen LogP) is 0.892. The zero-order chi connectivity index (χ0) is 13.5. The molecule has 1 N–H and O–H groups in total. The number of nitrogens with zero attached hydrogens (tertiary/aromatic N) is 1. The number of ether oxygens (including phenoxy) is 2. The molecule has 1 unspecified atom stereocenters. The van der Waals surface area contributed by atoms with Crippen LogP contribution in [0.15, 0.2) is 24.3 Å². The average Bonchev–Trinajstić information content (AvgIpc) is 2.39. The number of nitrogens with one attached hydrogen (secondary N) is 1. The van der Waals surface area contributed by atoms with Crippen LogP contribution in [0.4, 0.5) is 5.69 Å². The number of hydrogen-bond donors (Lipinski definition) is 1. The van der Waals surface area contributed by atoms with E-state index >= 15 is 0 Å². The second kappa shape index (κ2) is 6.86. The molecule has 100 valence electrons. The molecule has 0 saturated heterocycles. The van der Waals surface area contributed by atoms with E-state index in [1.165, 1.54) is 7.11 Å². The van der Waals surface area contributed by atoms with Crippen molar-refractivity contribution in [3.8, 4) is 5.75 Å². The molecule has 5 heteroatoms. The van der Waals surface area contributed by atoms with Crippen molar-refractivity contribution in [3.63, 3.8) is 0 Å². The van der Waals surface area contributed by atoms with Gasteiger partial charge >= 0.3 is 5.97 Å². The number of anilines is 1. The number of methoxy groups -OCH3 is 1. The van der Waals surface area contributed by atoms with E-state index in [9.17, 15) is 4.79 Å². The molecule has 0 aliphatic heterocycles. The minimum Gasteiger partial charge on any atom is -0.491 e. The van der Waals surface area contributed by atoms with Crippen molar-refractivity contribution in [2.24, 2.45) is 0 Å². The van der Waals surface area contributed by atoms with Crippen molar-refractivity contribution in [2.45, 2.75) is 6.04 Å². The second-order valence-electron chi connectivity index (χ2n) is 4.07. The maximum absolute atomic E-state index is 11.4. The van der Waals surface area contributed by atoms with E-state index in [4.69, 9.17) is 4.74 Å². The number of esters is 1. The van der Waals surface area contributed by atoms with Crippen molar-refractivity contribution in [1.82, 2.24) is 5.32 Å². The Morgan fingerprint density at radius 3 is 2.72 bits per heavy atom. The maximum atomic E-state index is 11.4. The van der Waals surface area contributed by atoms with Gasteiger partial charge in [0, 0.05) is 25.8 Å². The summed E-state index contributed by atoms with van der Waals surface area (Å²) in [4.78, 5) is 13.4. The molecule has 1 aromatic carbocycles. The van der Waals surface area contributed by atoms with Crippen LogP contribution < -0.4 is 15.0 Å². The summed E-state index contributed by atoms with van der Waals surface area (Å²) in [6.45, 7) is 0.236. The molecule has 5 nitrogen and oxygen atoms in total. The number of carbonyl (C=O) groups is 1. The van der Waals surface area contributed by atoms with Crippen LogP contribution in [0.1, 0.15) is 0 Å². The highest BCUT2D eigenvalue weighted by molar-refractivity contribution is 5.75. The Morgan fingerprint density at radius 1 is 1.44 bits per heavy atom. The van der Waals surface area contributed by atoms with E-state index in [1.54, 1.807) is 7.05 Å². The topological polar surface area (TPSA) is 50.8 Å². The number of likely N-dealkylation sites (N-methyl/N-ethyl adjacent to an activating group) is 1. The van der Waals surface area contributed by atoms with Crippen molar-refractivity contribution >= 4 is 11.7 Å².